The van der Waals surface area contributed by atoms with Gasteiger partial charge in [0.15, 0.2) is 5.82 Å². The van der Waals surface area contributed by atoms with Crippen LogP contribution < -0.4 is 10.1 Å². The fraction of sp³-hybridized carbons (Fsp3) is 0. The second-order valence-corrected chi connectivity index (χ2v) is 7.99. The zero-order chi connectivity index (χ0) is 20.0. The van der Waals surface area contributed by atoms with Crippen molar-refractivity contribution in [2.75, 3.05) is 0 Å². The van der Waals surface area contributed by atoms with Crippen LogP contribution in [0.25, 0.3) is 33.1 Å². The number of fused-ring (bicyclic) bond motifs is 1. The molecule has 0 aliphatic carbocycles. The Hall–Kier alpha value is -3.63. The van der Waals surface area contributed by atoms with Gasteiger partial charge in [-0.15, -0.1) is 16.4 Å². The van der Waals surface area contributed by atoms with Gasteiger partial charge in [0.25, 0.3) is 11.2 Å². The second-order valence-electron chi connectivity index (χ2n) is 6.03. The Balaban J connectivity index is 1.51. The molecule has 0 spiro atoms. The number of benzene rings is 1. The molecule has 0 radical (unpaired) electrons. The molecule has 0 amide bonds. The molecule has 0 N–H and O–H groups in total. The average molecular weight is 422 g/mol. The van der Waals surface area contributed by atoms with Crippen LogP contribution in [0.1, 0.15) is 5.76 Å². The lowest BCUT2D eigenvalue weighted by Crippen LogP contribution is -2.23. The van der Waals surface area contributed by atoms with Gasteiger partial charge in [0.1, 0.15) is 16.1 Å². The lowest BCUT2D eigenvalue weighted by atomic mass is 10.1. The predicted molar refractivity (Wildman–Crippen MR) is 110 cm³/mol. The first kappa shape index (κ1) is 17.5. The molecule has 5 rings (SSSR count). The van der Waals surface area contributed by atoms with Gasteiger partial charge in [0.05, 0.1) is 9.80 Å². The van der Waals surface area contributed by atoms with E-state index in [0.717, 1.165) is 4.88 Å². The normalized spacial score (nSPS) is 12.1. The zero-order valence-electron chi connectivity index (χ0n) is 14.5. The van der Waals surface area contributed by atoms with Crippen molar-refractivity contribution in [3.05, 3.63) is 84.7 Å². The maximum absolute atomic E-state index is 12.6. The lowest BCUT2D eigenvalue weighted by Gasteiger charge is -1.96. The molecule has 0 aliphatic rings. The molecule has 8 nitrogen and oxygen atoms in total. The number of thiophene rings is 1. The quantitative estimate of drug-likeness (QED) is 0.324. The van der Waals surface area contributed by atoms with Gasteiger partial charge in [-0.3, -0.25) is 14.9 Å². The van der Waals surface area contributed by atoms with E-state index in [-0.39, 0.29) is 11.2 Å². The zero-order valence-corrected chi connectivity index (χ0v) is 16.1. The second kappa shape index (κ2) is 6.76. The van der Waals surface area contributed by atoms with E-state index in [1.807, 2.05) is 17.5 Å². The standard InChI is InChI=1S/C19H10N4O4S2/c24-18-16(29-19-20-17(21-22(18)19)15-5-2-8-28-15)10-13-6-7-14(27-13)11-3-1-4-12(9-11)23(25)26/h1-10H/b16-10+. The summed E-state index contributed by atoms with van der Waals surface area (Å²) in [7, 11) is 0. The Morgan fingerprint density at radius 2 is 2.07 bits per heavy atom. The molecule has 29 heavy (non-hydrogen) atoms. The van der Waals surface area contributed by atoms with E-state index >= 15 is 0 Å². The summed E-state index contributed by atoms with van der Waals surface area (Å²) in [6, 6.07) is 13.4. The molecule has 0 saturated heterocycles. The maximum atomic E-state index is 12.6. The number of nitro groups is 1. The summed E-state index contributed by atoms with van der Waals surface area (Å²) >= 11 is 2.73. The van der Waals surface area contributed by atoms with Crippen molar-refractivity contribution in [3.8, 4) is 22.0 Å². The Kier molecular flexibility index (Phi) is 4.07. The number of thiazole rings is 1. The molecule has 0 aliphatic heterocycles. The van der Waals surface area contributed by atoms with Crippen LogP contribution >= 0.6 is 22.7 Å². The van der Waals surface area contributed by atoms with Gasteiger partial charge >= 0.3 is 0 Å². The highest BCUT2D eigenvalue weighted by molar-refractivity contribution is 7.15. The highest BCUT2D eigenvalue weighted by Gasteiger charge is 2.13. The van der Waals surface area contributed by atoms with Crippen LogP contribution in [0.2, 0.25) is 0 Å². The van der Waals surface area contributed by atoms with Crippen LogP contribution in [0, 0.1) is 10.1 Å². The highest BCUT2D eigenvalue weighted by Crippen LogP contribution is 2.26. The lowest BCUT2D eigenvalue weighted by molar-refractivity contribution is -0.384. The minimum atomic E-state index is -0.456. The minimum absolute atomic E-state index is 0.0154. The summed E-state index contributed by atoms with van der Waals surface area (Å²) in [5, 5.41) is 17.2. The van der Waals surface area contributed by atoms with E-state index in [0.29, 0.717) is 32.4 Å². The topological polar surface area (TPSA) is 104 Å². The number of rotatable bonds is 4. The number of nitro benzene ring substituents is 1. The van der Waals surface area contributed by atoms with Crippen molar-refractivity contribution in [2.45, 2.75) is 0 Å². The van der Waals surface area contributed by atoms with Crippen LogP contribution in [-0.2, 0) is 0 Å². The molecule has 0 bridgehead atoms. The van der Waals surface area contributed by atoms with Gasteiger partial charge in [-0.2, -0.15) is 9.50 Å². The molecule has 4 aromatic heterocycles. The average Bonchev–Trinajstić information content (AvgIpc) is 3.49. The Bertz CT molecular complexity index is 1460. The molecule has 1 aromatic carbocycles. The monoisotopic (exact) mass is 422 g/mol. The van der Waals surface area contributed by atoms with E-state index in [1.54, 1.807) is 30.3 Å². The summed E-state index contributed by atoms with van der Waals surface area (Å²) in [5.41, 5.74) is 0.302. The van der Waals surface area contributed by atoms with Crippen molar-refractivity contribution in [1.82, 2.24) is 14.6 Å². The fourth-order valence-electron chi connectivity index (χ4n) is 2.83. The van der Waals surface area contributed by atoms with Crippen LogP contribution in [0.3, 0.4) is 0 Å². The summed E-state index contributed by atoms with van der Waals surface area (Å²) in [6.07, 6.45) is 1.62. The number of nitrogens with zero attached hydrogens (tertiary/aromatic N) is 4. The molecule has 0 atom stereocenters. The van der Waals surface area contributed by atoms with Crippen molar-refractivity contribution >= 4 is 39.4 Å². The van der Waals surface area contributed by atoms with Gasteiger partial charge in [0.2, 0.25) is 4.96 Å². The highest BCUT2D eigenvalue weighted by atomic mass is 32.1. The van der Waals surface area contributed by atoms with Crippen molar-refractivity contribution < 1.29 is 9.34 Å². The number of furan rings is 1. The largest absolute Gasteiger partial charge is 0.457 e. The van der Waals surface area contributed by atoms with E-state index in [1.165, 1.54) is 39.3 Å². The van der Waals surface area contributed by atoms with E-state index in [9.17, 15) is 14.9 Å². The molecule has 0 unspecified atom stereocenters. The first-order chi connectivity index (χ1) is 14.1. The molecule has 10 heteroatoms. The van der Waals surface area contributed by atoms with E-state index in [4.69, 9.17) is 4.42 Å². The van der Waals surface area contributed by atoms with Crippen molar-refractivity contribution in [2.24, 2.45) is 0 Å². The number of hydrogen-bond acceptors (Lipinski definition) is 8. The number of hydrogen-bond donors (Lipinski definition) is 0. The molecule has 0 fully saturated rings. The predicted octanol–water partition coefficient (Wildman–Crippen LogP) is 3.60. The smallest absolute Gasteiger partial charge is 0.291 e. The van der Waals surface area contributed by atoms with Gasteiger partial charge in [0, 0.05) is 23.8 Å². The Labute approximate surface area is 170 Å². The maximum Gasteiger partial charge on any atom is 0.291 e. The summed E-state index contributed by atoms with van der Waals surface area (Å²) in [5.74, 6) is 1.47. The van der Waals surface area contributed by atoms with Gasteiger partial charge in [-0.25, -0.2) is 0 Å². The van der Waals surface area contributed by atoms with E-state index < -0.39 is 4.92 Å². The molecule has 142 valence electrons. The van der Waals surface area contributed by atoms with Gasteiger partial charge < -0.3 is 4.42 Å². The van der Waals surface area contributed by atoms with Crippen LogP contribution in [0.15, 0.2) is 63.1 Å². The fourth-order valence-corrected chi connectivity index (χ4v) is 4.37. The van der Waals surface area contributed by atoms with Crippen molar-refractivity contribution in [1.29, 1.82) is 0 Å². The Morgan fingerprint density at radius 1 is 1.17 bits per heavy atom. The minimum Gasteiger partial charge on any atom is -0.457 e. The van der Waals surface area contributed by atoms with Crippen LogP contribution in [-0.4, -0.2) is 19.5 Å². The molecule has 0 saturated carbocycles. The SMILES string of the molecule is O=c1/c(=C\c2ccc(-c3cccc([N+](=O)[O-])c3)o2)sc2nc(-c3cccs3)nn12. The van der Waals surface area contributed by atoms with Gasteiger partial charge in [-0.05, 0) is 23.6 Å². The molecule has 4 heterocycles. The third-order valence-corrected chi connectivity index (χ3v) is 5.99. The third-order valence-electron chi connectivity index (χ3n) is 4.17. The van der Waals surface area contributed by atoms with Crippen molar-refractivity contribution in [3.63, 3.8) is 0 Å². The number of non-ortho nitro benzene ring substituents is 1. The molecular formula is C19H10N4O4S2. The number of aromatic nitrogens is 3. The Morgan fingerprint density at radius 3 is 2.83 bits per heavy atom. The third kappa shape index (κ3) is 3.13. The van der Waals surface area contributed by atoms with Crippen LogP contribution in [0.4, 0.5) is 5.69 Å². The first-order valence-corrected chi connectivity index (χ1v) is 10.1. The van der Waals surface area contributed by atoms with Gasteiger partial charge in [-0.1, -0.05) is 29.5 Å². The summed E-state index contributed by atoms with van der Waals surface area (Å²) in [4.78, 5) is 29.0. The van der Waals surface area contributed by atoms with E-state index in [2.05, 4.69) is 10.1 Å². The summed E-state index contributed by atoms with van der Waals surface area (Å²) < 4.78 is 7.49. The molecule has 5 aromatic rings. The molecular weight excluding hydrogens is 412 g/mol. The first-order valence-electron chi connectivity index (χ1n) is 8.38. The summed E-state index contributed by atoms with van der Waals surface area (Å²) in [6.45, 7) is 0. The van der Waals surface area contributed by atoms with Crippen LogP contribution in [0.5, 0.6) is 0 Å².